The van der Waals surface area contributed by atoms with Crippen LogP contribution in [0, 0.1) is 11.8 Å². The Bertz CT molecular complexity index is 480. The fourth-order valence-electron chi connectivity index (χ4n) is 3.70. The molecule has 0 bridgehead atoms. The molecule has 2 N–H and O–H groups in total. The van der Waals surface area contributed by atoms with E-state index in [9.17, 15) is 0 Å². The monoisotopic (exact) mass is 259 g/mol. The van der Waals surface area contributed by atoms with Gasteiger partial charge in [0.25, 0.3) is 0 Å². The maximum atomic E-state index is 6.53. The maximum absolute atomic E-state index is 6.53. The van der Waals surface area contributed by atoms with E-state index in [1.807, 2.05) is 0 Å². The first-order valence-corrected chi connectivity index (χ1v) is 7.52. The Kier molecular flexibility index (Phi) is 3.09. The van der Waals surface area contributed by atoms with E-state index in [0.717, 1.165) is 18.3 Å². The van der Waals surface area contributed by atoms with E-state index in [4.69, 9.17) is 10.5 Å². The van der Waals surface area contributed by atoms with Crippen LogP contribution in [0.2, 0.25) is 0 Å². The minimum Gasteiger partial charge on any atom is -0.492 e. The normalized spacial score (nSPS) is 29.9. The molecule has 0 spiro atoms. The molecule has 2 aliphatic rings. The molecular weight excluding hydrogens is 234 g/mol. The lowest BCUT2D eigenvalue weighted by atomic mass is 9.82. The molecule has 2 heteroatoms. The molecule has 1 aliphatic heterocycles. The van der Waals surface area contributed by atoms with Gasteiger partial charge in [-0.15, -0.1) is 0 Å². The zero-order valence-electron chi connectivity index (χ0n) is 12.3. The van der Waals surface area contributed by atoms with Gasteiger partial charge in [0, 0.05) is 17.0 Å². The Balaban J connectivity index is 1.90. The number of nitrogens with two attached hydrogens (primary N) is 1. The van der Waals surface area contributed by atoms with Crippen molar-refractivity contribution in [1.82, 2.24) is 0 Å². The van der Waals surface area contributed by atoms with Crippen LogP contribution in [0.1, 0.15) is 57.2 Å². The number of ether oxygens (including phenoxy) is 1. The van der Waals surface area contributed by atoms with Gasteiger partial charge in [-0.1, -0.05) is 39.7 Å². The van der Waals surface area contributed by atoms with Gasteiger partial charge in [-0.05, 0) is 36.0 Å². The average molecular weight is 259 g/mol. The number of benzene rings is 1. The van der Waals surface area contributed by atoms with Gasteiger partial charge in [-0.3, -0.25) is 0 Å². The van der Waals surface area contributed by atoms with Crippen LogP contribution in [0.25, 0.3) is 0 Å². The highest BCUT2D eigenvalue weighted by Crippen LogP contribution is 2.43. The summed E-state index contributed by atoms with van der Waals surface area (Å²) in [6, 6.07) is 6.74. The van der Waals surface area contributed by atoms with Crippen molar-refractivity contribution in [3.63, 3.8) is 0 Å². The summed E-state index contributed by atoms with van der Waals surface area (Å²) in [6.07, 6.45) is 3.94. The van der Waals surface area contributed by atoms with Crippen molar-refractivity contribution in [1.29, 1.82) is 0 Å². The SMILES string of the molecule is CC1CCCC1C(N)c1ccc2c(c1)C(C)(C)CO2. The summed E-state index contributed by atoms with van der Waals surface area (Å²) in [7, 11) is 0. The van der Waals surface area contributed by atoms with Crippen LogP contribution >= 0.6 is 0 Å². The van der Waals surface area contributed by atoms with Crippen molar-refractivity contribution < 1.29 is 4.74 Å². The summed E-state index contributed by atoms with van der Waals surface area (Å²) in [5.74, 6) is 2.44. The van der Waals surface area contributed by atoms with Gasteiger partial charge in [0.05, 0.1) is 6.61 Å². The smallest absolute Gasteiger partial charge is 0.123 e. The molecular formula is C17H25NO. The van der Waals surface area contributed by atoms with E-state index in [0.29, 0.717) is 5.92 Å². The van der Waals surface area contributed by atoms with Crippen LogP contribution in [0.5, 0.6) is 5.75 Å². The second kappa shape index (κ2) is 4.52. The van der Waals surface area contributed by atoms with Crippen molar-refractivity contribution in [3.05, 3.63) is 29.3 Å². The van der Waals surface area contributed by atoms with Crippen LogP contribution in [0.15, 0.2) is 18.2 Å². The summed E-state index contributed by atoms with van der Waals surface area (Å²) in [4.78, 5) is 0. The third kappa shape index (κ3) is 2.16. The molecule has 1 saturated carbocycles. The van der Waals surface area contributed by atoms with Gasteiger partial charge in [-0.25, -0.2) is 0 Å². The molecule has 1 heterocycles. The van der Waals surface area contributed by atoms with Gasteiger partial charge in [0.2, 0.25) is 0 Å². The van der Waals surface area contributed by atoms with Gasteiger partial charge in [0.15, 0.2) is 0 Å². The molecule has 1 fully saturated rings. The zero-order valence-corrected chi connectivity index (χ0v) is 12.3. The Morgan fingerprint density at radius 2 is 2.11 bits per heavy atom. The highest BCUT2D eigenvalue weighted by Gasteiger charge is 2.34. The minimum absolute atomic E-state index is 0.117. The van der Waals surface area contributed by atoms with Crippen molar-refractivity contribution in [2.45, 2.75) is 51.5 Å². The first-order valence-electron chi connectivity index (χ1n) is 7.52. The van der Waals surface area contributed by atoms with Gasteiger partial charge in [-0.2, -0.15) is 0 Å². The Morgan fingerprint density at radius 3 is 2.79 bits per heavy atom. The summed E-state index contributed by atoms with van der Waals surface area (Å²) in [5.41, 5.74) is 9.26. The Hall–Kier alpha value is -1.02. The van der Waals surface area contributed by atoms with E-state index < -0.39 is 0 Å². The molecule has 0 saturated heterocycles. The standard InChI is InChI=1S/C17H25NO/c1-11-5-4-6-13(11)16(18)12-7-8-15-14(9-12)17(2,3)10-19-15/h7-9,11,13,16H,4-6,10,18H2,1-3H3. The fraction of sp³-hybridized carbons (Fsp3) is 0.647. The summed E-state index contributed by atoms with van der Waals surface area (Å²) in [5, 5.41) is 0. The van der Waals surface area contributed by atoms with Crippen molar-refractivity contribution in [2.24, 2.45) is 17.6 Å². The van der Waals surface area contributed by atoms with E-state index in [1.54, 1.807) is 0 Å². The number of rotatable bonds is 2. The molecule has 3 unspecified atom stereocenters. The van der Waals surface area contributed by atoms with Crippen molar-refractivity contribution in [3.8, 4) is 5.75 Å². The zero-order chi connectivity index (χ0) is 13.6. The van der Waals surface area contributed by atoms with E-state index in [2.05, 4.69) is 39.0 Å². The first kappa shape index (κ1) is 13.0. The van der Waals surface area contributed by atoms with Crippen LogP contribution in [-0.4, -0.2) is 6.61 Å². The van der Waals surface area contributed by atoms with Gasteiger partial charge in [0.1, 0.15) is 5.75 Å². The van der Waals surface area contributed by atoms with Crippen molar-refractivity contribution >= 4 is 0 Å². The number of hydrogen-bond acceptors (Lipinski definition) is 2. The van der Waals surface area contributed by atoms with Crippen LogP contribution in [0.4, 0.5) is 0 Å². The predicted octanol–water partition coefficient (Wildman–Crippen LogP) is 3.79. The van der Waals surface area contributed by atoms with Crippen LogP contribution in [0.3, 0.4) is 0 Å². The summed E-state index contributed by atoms with van der Waals surface area (Å²) in [6.45, 7) is 7.61. The molecule has 0 amide bonds. The number of fused-ring (bicyclic) bond motifs is 1. The second-order valence-electron chi connectivity index (χ2n) is 7.03. The van der Waals surface area contributed by atoms with E-state index in [-0.39, 0.29) is 11.5 Å². The molecule has 0 radical (unpaired) electrons. The highest BCUT2D eigenvalue weighted by atomic mass is 16.5. The maximum Gasteiger partial charge on any atom is 0.123 e. The molecule has 19 heavy (non-hydrogen) atoms. The van der Waals surface area contributed by atoms with Crippen LogP contribution in [-0.2, 0) is 5.41 Å². The quantitative estimate of drug-likeness (QED) is 0.877. The molecule has 1 aromatic carbocycles. The Morgan fingerprint density at radius 1 is 1.32 bits per heavy atom. The molecule has 3 rings (SSSR count). The van der Waals surface area contributed by atoms with E-state index >= 15 is 0 Å². The van der Waals surface area contributed by atoms with Crippen molar-refractivity contribution in [2.75, 3.05) is 6.61 Å². The molecule has 1 aromatic rings. The highest BCUT2D eigenvalue weighted by molar-refractivity contribution is 5.46. The average Bonchev–Trinajstić information content (AvgIpc) is 2.93. The Labute approximate surface area is 116 Å². The lowest BCUT2D eigenvalue weighted by Gasteiger charge is -2.25. The second-order valence-corrected chi connectivity index (χ2v) is 7.03. The molecule has 2 nitrogen and oxygen atoms in total. The minimum atomic E-state index is 0.117. The van der Waals surface area contributed by atoms with E-state index in [1.165, 1.54) is 30.4 Å². The fourth-order valence-corrected chi connectivity index (χ4v) is 3.70. The van der Waals surface area contributed by atoms with Gasteiger partial charge < -0.3 is 10.5 Å². The molecule has 104 valence electrons. The summed E-state index contributed by atoms with van der Waals surface area (Å²) < 4.78 is 5.75. The van der Waals surface area contributed by atoms with Crippen LogP contribution < -0.4 is 10.5 Å². The third-order valence-corrected chi connectivity index (χ3v) is 5.10. The molecule has 3 atom stereocenters. The lowest BCUT2D eigenvalue weighted by Crippen LogP contribution is -2.24. The largest absolute Gasteiger partial charge is 0.492 e. The molecule has 1 aliphatic carbocycles. The summed E-state index contributed by atoms with van der Waals surface area (Å²) >= 11 is 0. The third-order valence-electron chi connectivity index (χ3n) is 5.10. The lowest BCUT2D eigenvalue weighted by molar-refractivity contribution is 0.291. The first-order chi connectivity index (χ1) is 8.99. The molecule has 0 aromatic heterocycles. The number of hydrogen-bond donors (Lipinski definition) is 1. The topological polar surface area (TPSA) is 35.2 Å². The predicted molar refractivity (Wildman–Crippen MR) is 78.4 cm³/mol. The van der Waals surface area contributed by atoms with Gasteiger partial charge >= 0.3 is 0 Å².